The summed E-state index contributed by atoms with van der Waals surface area (Å²) in [5.74, 6) is -0.577. The number of rotatable bonds is 2. The van der Waals surface area contributed by atoms with Crippen molar-refractivity contribution < 1.29 is 9.59 Å². The van der Waals surface area contributed by atoms with Crippen molar-refractivity contribution in [3.05, 3.63) is 0 Å². The first-order valence-electron chi connectivity index (χ1n) is 2.23. The number of carbonyl (C=O) groups is 2. The van der Waals surface area contributed by atoms with Gasteiger partial charge in [-0.1, -0.05) is 0 Å². The summed E-state index contributed by atoms with van der Waals surface area (Å²) in [6.45, 7) is -0.137. The van der Waals surface area contributed by atoms with E-state index < -0.39 is 11.3 Å². The lowest BCUT2D eigenvalue weighted by atomic mass is 10.6. The molecule has 2 N–H and O–H groups in total. The van der Waals surface area contributed by atoms with Gasteiger partial charge in [0, 0.05) is 7.05 Å². The first-order valence-corrected chi connectivity index (χ1v) is 2.60. The molecule has 0 aliphatic carbocycles. The van der Waals surface area contributed by atoms with Crippen LogP contribution in [0.3, 0.4) is 0 Å². The fourth-order valence-electron chi connectivity index (χ4n) is 0.296. The molecule has 0 heterocycles. The molecule has 0 aliphatic heterocycles. The van der Waals surface area contributed by atoms with Crippen LogP contribution in [-0.2, 0) is 4.79 Å². The molecule has 0 rings (SSSR count). The van der Waals surface area contributed by atoms with Gasteiger partial charge in [0.15, 0.2) is 0 Å². The SMILES string of the molecule is CN(CC(N)=O)C(=O)Cl. The van der Waals surface area contributed by atoms with Crippen LogP contribution in [0.1, 0.15) is 0 Å². The van der Waals surface area contributed by atoms with Gasteiger partial charge in [-0.3, -0.25) is 9.59 Å². The molecule has 0 bridgehead atoms. The molecule has 5 heteroatoms. The summed E-state index contributed by atoms with van der Waals surface area (Å²) in [6, 6.07) is 0. The Hall–Kier alpha value is -0.770. The number of hydrogen-bond donors (Lipinski definition) is 1. The van der Waals surface area contributed by atoms with E-state index in [0.29, 0.717) is 0 Å². The molecule has 0 unspecified atom stereocenters. The number of halogens is 1. The van der Waals surface area contributed by atoms with E-state index >= 15 is 0 Å². The van der Waals surface area contributed by atoms with Gasteiger partial charge in [0.1, 0.15) is 6.54 Å². The highest BCUT2D eigenvalue weighted by Crippen LogP contribution is 1.89. The third-order valence-corrected chi connectivity index (χ3v) is 0.982. The van der Waals surface area contributed by atoms with Crippen LogP contribution in [0.4, 0.5) is 4.79 Å². The molecule has 0 atom stereocenters. The molecule has 0 spiro atoms. The van der Waals surface area contributed by atoms with Gasteiger partial charge in [0.25, 0.3) is 0 Å². The van der Waals surface area contributed by atoms with Gasteiger partial charge >= 0.3 is 5.37 Å². The van der Waals surface area contributed by atoms with E-state index in [4.69, 9.17) is 17.3 Å². The summed E-state index contributed by atoms with van der Waals surface area (Å²) in [5.41, 5.74) is 4.74. The third kappa shape index (κ3) is 3.78. The molecule has 2 amide bonds. The standard InChI is InChI=1S/C4H7ClN2O2/c1-7(4(5)9)2-3(6)8/h2H2,1H3,(H2,6,8). The van der Waals surface area contributed by atoms with E-state index in [1.54, 1.807) is 0 Å². The van der Waals surface area contributed by atoms with Crippen LogP contribution in [0, 0.1) is 0 Å². The largest absolute Gasteiger partial charge is 0.368 e. The van der Waals surface area contributed by atoms with Gasteiger partial charge in [-0.2, -0.15) is 0 Å². The number of nitrogens with zero attached hydrogens (tertiary/aromatic N) is 1. The molecule has 0 aromatic heterocycles. The lowest BCUT2D eigenvalue weighted by Gasteiger charge is -2.08. The van der Waals surface area contributed by atoms with Crippen LogP contribution in [0.25, 0.3) is 0 Å². The summed E-state index contributed by atoms with van der Waals surface area (Å²) in [4.78, 5) is 21.3. The maximum Gasteiger partial charge on any atom is 0.316 e. The minimum Gasteiger partial charge on any atom is -0.368 e. The Morgan fingerprint density at radius 1 is 1.67 bits per heavy atom. The molecule has 4 nitrogen and oxygen atoms in total. The van der Waals surface area contributed by atoms with E-state index in [1.165, 1.54) is 7.05 Å². The molecule has 0 aliphatic rings. The molecule has 0 aromatic carbocycles. The highest BCUT2D eigenvalue weighted by atomic mass is 35.5. The summed E-state index contributed by atoms with van der Waals surface area (Å²) >= 11 is 4.95. The van der Waals surface area contributed by atoms with Crippen molar-refractivity contribution in [1.82, 2.24) is 4.90 Å². The van der Waals surface area contributed by atoms with Crippen molar-refractivity contribution in [3.8, 4) is 0 Å². The van der Waals surface area contributed by atoms with Crippen molar-refractivity contribution in [2.24, 2.45) is 5.73 Å². The number of likely N-dealkylation sites (N-methyl/N-ethyl adjacent to an activating group) is 1. The van der Waals surface area contributed by atoms with Crippen molar-refractivity contribution in [2.45, 2.75) is 0 Å². The number of primary amides is 1. The molecule has 0 aromatic rings. The van der Waals surface area contributed by atoms with Gasteiger partial charge in [0.2, 0.25) is 5.91 Å². The fourth-order valence-corrected chi connectivity index (χ4v) is 0.356. The van der Waals surface area contributed by atoms with Crippen LogP contribution < -0.4 is 5.73 Å². The van der Waals surface area contributed by atoms with Crippen LogP contribution in [0.15, 0.2) is 0 Å². The molecule has 0 saturated carbocycles. The molecule has 0 saturated heterocycles. The predicted octanol–water partition coefficient (Wildman–Crippen LogP) is -0.238. The average Bonchev–Trinajstić information content (AvgIpc) is 1.63. The summed E-state index contributed by atoms with van der Waals surface area (Å²) < 4.78 is 0. The van der Waals surface area contributed by atoms with Gasteiger partial charge in [-0.05, 0) is 11.6 Å². The number of nitrogens with two attached hydrogens (primary N) is 1. The monoisotopic (exact) mass is 150 g/mol. The molecule has 0 radical (unpaired) electrons. The first-order chi connectivity index (χ1) is 4.04. The Morgan fingerprint density at radius 3 is 2.22 bits per heavy atom. The summed E-state index contributed by atoms with van der Waals surface area (Å²) in [7, 11) is 1.39. The maximum atomic E-state index is 10.2. The smallest absolute Gasteiger partial charge is 0.316 e. The van der Waals surface area contributed by atoms with Crippen LogP contribution in [0.5, 0.6) is 0 Å². The van der Waals surface area contributed by atoms with E-state index in [2.05, 4.69) is 0 Å². The highest BCUT2D eigenvalue weighted by Gasteiger charge is 2.05. The Balaban J connectivity index is 3.63. The van der Waals surface area contributed by atoms with Gasteiger partial charge < -0.3 is 10.6 Å². The van der Waals surface area contributed by atoms with E-state index in [9.17, 15) is 9.59 Å². The molecular formula is C4H7ClN2O2. The average molecular weight is 151 g/mol. The zero-order valence-corrected chi connectivity index (χ0v) is 5.68. The Kier molecular flexibility index (Phi) is 3.01. The van der Waals surface area contributed by atoms with E-state index in [-0.39, 0.29) is 6.54 Å². The van der Waals surface area contributed by atoms with Crippen LogP contribution >= 0.6 is 11.6 Å². The first kappa shape index (κ1) is 8.23. The highest BCUT2D eigenvalue weighted by molar-refractivity contribution is 6.62. The zero-order chi connectivity index (χ0) is 7.44. The predicted molar refractivity (Wildman–Crippen MR) is 33.1 cm³/mol. The zero-order valence-electron chi connectivity index (χ0n) is 4.93. The van der Waals surface area contributed by atoms with Crippen molar-refractivity contribution in [1.29, 1.82) is 0 Å². The minimum atomic E-state index is -0.686. The van der Waals surface area contributed by atoms with Gasteiger partial charge in [0.05, 0.1) is 0 Å². The van der Waals surface area contributed by atoms with Crippen molar-refractivity contribution in [3.63, 3.8) is 0 Å². The number of carbonyl (C=O) groups excluding carboxylic acids is 2. The normalized spacial score (nSPS) is 8.67. The van der Waals surface area contributed by atoms with Gasteiger partial charge in [-0.15, -0.1) is 0 Å². The summed E-state index contributed by atoms with van der Waals surface area (Å²) in [5, 5.41) is -0.686. The van der Waals surface area contributed by atoms with Crippen molar-refractivity contribution in [2.75, 3.05) is 13.6 Å². The minimum absolute atomic E-state index is 0.137. The molecule has 9 heavy (non-hydrogen) atoms. The van der Waals surface area contributed by atoms with Crippen molar-refractivity contribution >= 4 is 22.9 Å². The third-order valence-electron chi connectivity index (χ3n) is 0.693. The Morgan fingerprint density at radius 2 is 2.11 bits per heavy atom. The quantitative estimate of drug-likeness (QED) is 0.436. The lowest BCUT2D eigenvalue weighted by Crippen LogP contribution is -2.32. The second-order valence-electron chi connectivity index (χ2n) is 1.58. The van der Waals surface area contributed by atoms with E-state index in [0.717, 1.165) is 4.90 Å². The molecule has 52 valence electrons. The molecular weight excluding hydrogens is 144 g/mol. The number of amides is 2. The second-order valence-corrected chi connectivity index (χ2v) is 1.90. The fraction of sp³-hybridized carbons (Fsp3) is 0.500. The van der Waals surface area contributed by atoms with Crippen LogP contribution in [0.2, 0.25) is 0 Å². The van der Waals surface area contributed by atoms with E-state index in [1.807, 2.05) is 0 Å². The Bertz CT molecular complexity index is 137. The Labute approximate surface area is 57.6 Å². The second kappa shape index (κ2) is 3.29. The summed E-state index contributed by atoms with van der Waals surface area (Å²) in [6.07, 6.45) is 0. The van der Waals surface area contributed by atoms with Gasteiger partial charge in [-0.25, -0.2) is 0 Å². The van der Waals surface area contributed by atoms with Crippen LogP contribution in [-0.4, -0.2) is 29.8 Å². The maximum absolute atomic E-state index is 10.2. The number of hydrogen-bond acceptors (Lipinski definition) is 2. The molecule has 0 fully saturated rings. The topological polar surface area (TPSA) is 63.4 Å². The lowest BCUT2D eigenvalue weighted by molar-refractivity contribution is -0.118.